The van der Waals surface area contributed by atoms with Crippen molar-refractivity contribution in [2.45, 2.75) is 19.4 Å². The van der Waals surface area contributed by atoms with Crippen LogP contribution in [0.3, 0.4) is 0 Å². The summed E-state index contributed by atoms with van der Waals surface area (Å²) < 4.78 is 5.75. The van der Waals surface area contributed by atoms with Crippen molar-refractivity contribution in [2.24, 2.45) is 4.99 Å². The molecule has 0 radical (unpaired) electrons. The third kappa shape index (κ3) is 1.46. The molecule has 1 aliphatic heterocycles. The first-order valence-corrected chi connectivity index (χ1v) is 5.68. The third-order valence-electron chi connectivity index (χ3n) is 2.38. The highest BCUT2D eigenvalue weighted by molar-refractivity contribution is 9.09. The Hall–Kier alpha value is -0.830. The second-order valence-electron chi connectivity index (χ2n) is 3.61. The van der Waals surface area contributed by atoms with Gasteiger partial charge in [-0.05, 0) is 13.0 Å². The van der Waals surface area contributed by atoms with Gasteiger partial charge in [0.2, 0.25) is 0 Å². The van der Waals surface area contributed by atoms with Gasteiger partial charge < -0.3 is 4.74 Å². The van der Waals surface area contributed by atoms with E-state index in [1.165, 1.54) is 0 Å². The lowest BCUT2D eigenvalue weighted by Gasteiger charge is -2.33. The van der Waals surface area contributed by atoms with Gasteiger partial charge in [0.1, 0.15) is 5.60 Å². The Bertz CT molecular complexity index is 389. The molecule has 74 valence electrons. The van der Waals surface area contributed by atoms with E-state index in [9.17, 15) is 0 Å². The van der Waals surface area contributed by atoms with Gasteiger partial charge in [0.25, 0.3) is 0 Å². The van der Waals surface area contributed by atoms with Gasteiger partial charge in [-0.2, -0.15) is 0 Å². The average Bonchev–Trinajstić information content (AvgIpc) is 2.17. The summed E-state index contributed by atoms with van der Waals surface area (Å²) in [5.74, 6) is 0.727. The molecule has 14 heavy (non-hydrogen) atoms. The molecule has 1 aliphatic rings. The van der Waals surface area contributed by atoms with E-state index < -0.39 is 0 Å². The van der Waals surface area contributed by atoms with Gasteiger partial charge in [0.15, 0.2) is 5.90 Å². The molecule has 0 saturated heterocycles. The topological polar surface area (TPSA) is 21.6 Å². The lowest BCUT2D eigenvalue weighted by molar-refractivity contribution is 0.0957. The first kappa shape index (κ1) is 9.71. The second-order valence-corrected chi connectivity index (χ2v) is 4.18. The molecule has 0 saturated carbocycles. The summed E-state index contributed by atoms with van der Waals surface area (Å²) in [6, 6.07) is 8.09. The number of nitrogens with zero attached hydrogens (tertiary/aromatic N) is 1. The van der Waals surface area contributed by atoms with Crippen LogP contribution >= 0.6 is 15.9 Å². The first-order valence-electron chi connectivity index (χ1n) is 4.55. The standard InChI is InChI=1S/C11H12BrNO/c1-8-13-10-6-4-3-5-9(10)11(2,7-12)14-8/h3-6H,7H2,1-2H3. The lowest BCUT2D eigenvalue weighted by atomic mass is 9.95. The number of ether oxygens (including phenoxy) is 1. The van der Waals surface area contributed by atoms with E-state index in [1.807, 2.05) is 25.1 Å². The summed E-state index contributed by atoms with van der Waals surface area (Å²) >= 11 is 3.48. The maximum atomic E-state index is 5.75. The number of para-hydroxylation sites is 1. The summed E-state index contributed by atoms with van der Waals surface area (Å²) in [4.78, 5) is 4.36. The van der Waals surface area contributed by atoms with Gasteiger partial charge in [-0.15, -0.1) is 0 Å². The highest BCUT2D eigenvalue weighted by atomic mass is 79.9. The minimum Gasteiger partial charge on any atom is -0.469 e. The number of fused-ring (bicyclic) bond motifs is 1. The summed E-state index contributed by atoms with van der Waals surface area (Å²) in [7, 11) is 0. The Morgan fingerprint density at radius 2 is 2.14 bits per heavy atom. The quantitative estimate of drug-likeness (QED) is 0.704. The summed E-state index contributed by atoms with van der Waals surface area (Å²) in [5, 5.41) is 0.768. The van der Waals surface area contributed by atoms with E-state index in [1.54, 1.807) is 0 Å². The van der Waals surface area contributed by atoms with Crippen LogP contribution in [-0.4, -0.2) is 11.2 Å². The minimum atomic E-state index is -0.289. The molecule has 1 aromatic rings. The molecule has 2 rings (SSSR count). The van der Waals surface area contributed by atoms with E-state index in [0.29, 0.717) is 0 Å². The van der Waals surface area contributed by atoms with E-state index in [2.05, 4.69) is 33.9 Å². The number of aliphatic imine (C=N–C) groups is 1. The van der Waals surface area contributed by atoms with Crippen LogP contribution in [0.25, 0.3) is 0 Å². The van der Waals surface area contributed by atoms with Crippen molar-refractivity contribution >= 4 is 27.5 Å². The summed E-state index contributed by atoms with van der Waals surface area (Å²) in [6.07, 6.45) is 0. The highest BCUT2D eigenvalue weighted by Crippen LogP contribution is 2.38. The predicted molar refractivity (Wildman–Crippen MR) is 61.4 cm³/mol. The highest BCUT2D eigenvalue weighted by Gasteiger charge is 2.33. The number of benzene rings is 1. The number of hydrogen-bond acceptors (Lipinski definition) is 2. The van der Waals surface area contributed by atoms with Crippen LogP contribution in [0.4, 0.5) is 5.69 Å². The van der Waals surface area contributed by atoms with Crippen molar-refractivity contribution in [1.29, 1.82) is 0 Å². The molecular weight excluding hydrogens is 242 g/mol. The minimum absolute atomic E-state index is 0.289. The zero-order chi connectivity index (χ0) is 10.2. The van der Waals surface area contributed by atoms with Crippen molar-refractivity contribution in [2.75, 3.05) is 5.33 Å². The maximum Gasteiger partial charge on any atom is 0.186 e. The van der Waals surface area contributed by atoms with Gasteiger partial charge in [-0.3, -0.25) is 0 Å². The zero-order valence-electron chi connectivity index (χ0n) is 8.25. The molecule has 0 fully saturated rings. The Morgan fingerprint density at radius 3 is 2.86 bits per heavy atom. The van der Waals surface area contributed by atoms with Gasteiger partial charge >= 0.3 is 0 Å². The van der Waals surface area contributed by atoms with Crippen LogP contribution in [0.2, 0.25) is 0 Å². The number of hydrogen-bond donors (Lipinski definition) is 0. The monoisotopic (exact) mass is 253 g/mol. The molecule has 3 heteroatoms. The van der Waals surface area contributed by atoms with Gasteiger partial charge in [-0.1, -0.05) is 34.1 Å². The molecule has 1 atom stereocenters. The van der Waals surface area contributed by atoms with E-state index in [-0.39, 0.29) is 5.60 Å². The molecular formula is C11H12BrNO. The van der Waals surface area contributed by atoms with Crippen LogP contribution in [0.15, 0.2) is 29.3 Å². The van der Waals surface area contributed by atoms with E-state index in [4.69, 9.17) is 4.74 Å². The Morgan fingerprint density at radius 1 is 1.43 bits per heavy atom. The van der Waals surface area contributed by atoms with Crippen molar-refractivity contribution in [3.8, 4) is 0 Å². The maximum absolute atomic E-state index is 5.75. The van der Waals surface area contributed by atoms with Gasteiger partial charge in [0.05, 0.1) is 5.69 Å². The van der Waals surface area contributed by atoms with Crippen LogP contribution in [-0.2, 0) is 10.3 Å². The Balaban J connectivity index is 2.59. The summed E-state index contributed by atoms with van der Waals surface area (Å²) in [5.41, 5.74) is 1.86. The molecule has 0 aromatic heterocycles. The second kappa shape index (κ2) is 3.39. The first-order chi connectivity index (χ1) is 6.65. The largest absolute Gasteiger partial charge is 0.469 e. The Kier molecular flexibility index (Phi) is 2.35. The fraction of sp³-hybridized carbons (Fsp3) is 0.364. The van der Waals surface area contributed by atoms with Crippen LogP contribution in [0, 0.1) is 0 Å². The molecule has 0 bridgehead atoms. The fourth-order valence-electron chi connectivity index (χ4n) is 1.69. The number of rotatable bonds is 1. The van der Waals surface area contributed by atoms with Gasteiger partial charge in [0, 0.05) is 17.8 Å². The molecule has 0 N–H and O–H groups in total. The fourth-order valence-corrected chi connectivity index (χ4v) is 2.11. The molecule has 1 aromatic carbocycles. The van der Waals surface area contributed by atoms with Gasteiger partial charge in [-0.25, -0.2) is 4.99 Å². The molecule has 1 unspecified atom stereocenters. The van der Waals surface area contributed by atoms with Crippen LogP contribution in [0.1, 0.15) is 19.4 Å². The smallest absolute Gasteiger partial charge is 0.186 e. The zero-order valence-corrected chi connectivity index (χ0v) is 9.84. The normalized spacial score (nSPS) is 24.9. The molecule has 1 heterocycles. The molecule has 2 nitrogen and oxygen atoms in total. The van der Waals surface area contributed by atoms with E-state index in [0.717, 1.165) is 22.5 Å². The van der Waals surface area contributed by atoms with Crippen molar-refractivity contribution in [3.63, 3.8) is 0 Å². The third-order valence-corrected chi connectivity index (χ3v) is 3.45. The predicted octanol–water partition coefficient (Wildman–Crippen LogP) is 3.38. The number of alkyl halides is 1. The molecule has 0 aliphatic carbocycles. The van der Waals surface area contributed by atoms with Crippen molar-refractivity contribution in [1.82, 2.24) is 0 Å². The lowest BCUT2D eigenvalue weighted by Crippen LogP contribution is -2.32. The summed E-state index contributed by atoms with van der Waals surface area (Å²) in [6.45, 7) is 3.95. The molecule has 0 amide bonds. The Labute approximate surface area is 92.1 Å². The van der Waals surface area contributed by atoms with E-state index >= 15 is 0 Å². The number of halogens is 1. The average molecular weight is 254 g/mol. The SMILES string of the molecule is CC1=Nc2ccccc2C(C)(CBr)O1. The van der Waals surface area contributed by atoms with Crippen molar-refractivity contribution < 1.29 is 4.74 Å². The van der Waals surface area contributed by atoms with Crippen LogP contribution < -0.4 is 0 Å². The van der Waals surface area contributed by atoms with Crippen molar-refractivity contribution in [3.05, 3.63) is 29.8 Å². The van der Waals surface area contributed by atoms with Crippen LogP contribution in [0.5, 0.6) is 0 Å². The molecule has 0 spiro atoms.